The van der Waals surface area contributed by atoms with Gasteiger partial charge in [0.05, 0.1) is 5.75 Å². The van der Waals surface area contributed by atoms with Crippen molar-refractivity contribution >= 4 is 33.8 Å². The Hall–Kier alpha value is -2.16. The van der Waals surface area contributed by atoms with Crippen LogP contribution in [0.25, 0.3) is 6.08 Å². The van der Waals surface area contributed by atoms with Crippen LogP contribution in [0.1, 0.15) is 5.56 Å². The van der Waals surface area contributed by atoms with E-state index in [1.165, 1.54) is 21.5 Å². The van der Waals surface area contributed by atoms with Gasteiger partial charge in [0, 0.05) is 48.9 Å². The molecule has 1 amide bonds. The number of carbonyl (C=O) groups is 1. The fourth-order valence-corrected chi connectivity index (χ4v) is 4.64. The first-order valence-electron chi connectivity index (χ1n) is 8.58. The number of piperazine rings is 1. The number of amides is 1. The lowest BCUT2D eigenvalue weighted by atomic mass is 10.2. The van der Waals surface area contributed by atoms with Crippen molar-refractivity contribution in [1.82, 2.24) is 14.2 Å². The Morgan fingerprint density at radius 2 is 1.70 bits per heavy atom. The molecule has 6 nitrogen and oxygen atoms in total. The molecule has 0 unspecified atom stereocenters. The monoisotopic (exact) mass is 403 g/mol. The molecule has 0 spiro atoms. The fraction of sp³-hybridized carbons (Fsp3) is 0.263. The first-order chi connectivity index (χ1) is 13.0. The standard InChI is InChI=1S/C19H21N3O3S2/c23-19(16-26-18-6-9-20-10-7-18)21-11-13-22(14-12-21)27(24,25)15-8-17-4-2-1-3-5-17/h1-10,15H,11-14,16H2. The van der Waals surface area contributed by atoms with Crippen LogP contribution in [0.3, 0.4) is 0 Å². The molecule has 1 aliphatic heterocycles. The number of carbonyl (C=O) groups excluding carboxylic acids is 1. The normalized spacial score (nSPS) is 15.9. The SMILES string of the molecule is O=C(CSc1ccncc1)N1CCN(S(=O)(=O)C=Cc2ccccc2)CC1. The van der Waals surface area contributed by atoms with Crippen LogP contribution >= 0.6 is 11.8 Å². The summed E-state index contributed by atoms with van der Waals surface area (Å²) in [6.45, 7) is 1.45. The van der Waals surface area contributed by atoms with E-state index in [1.54, 1.807) is 23.4 Å². The Kier molecular flexibility index (Phi) is 6.65. The molecule has 27 heavy (non-hydrogen) atoms. The molecule has 0 radical (unpaired) electrons. The van der Waals surface area contributed by atoms with E-state index in [9.17, 15) is 13.2 Å². The van der Waals surface area contributed by atoms with Crippen LogP contribution < -0.4 is 0 Å². The lowest BCUT2D eigenvalue weighted by Crippen LogP contribution is -2.50. The highest BCUT2D eigenvalue weighted by molar-refractivity contribution is 8.00. The van der Waals surface area contributed by atoms with Crippen molar-refractivity contribution in [3.63, 3.8) is 0 Å². The third kappa shape index (κ3) is 5.66. The third-order valence-corrected chi connectivity index (χ3v) is 6.76. The van der Waals surface area contributed by atoms with Crippen molar-refractivity contribution in [2.75, 3.05) is 31.9 Å². The van der Waals surface area contributed by atoms with Gasteiger partial charge in [-0.1, -0.05) is 30.3 Å². The van der Waals surface area contributed by atoms with Crippen LogP contribution in [-0.2, 0) is 14.8 Å². The van der Waals surface area contributed by atoms with Gasteiger partial charge in [0.2, 0.25) is 15.9 Å². The van der Waals surface area contributed by atoms with Gasteiger partial charge in [-0.3, -0.25) is 9.78 Å². The van der Waals surface area contributed by atoms with Crippen LogP contribution in [0.15, 0.2) is 65.2 Å². The zero-order chi connectivity index (χ0) is 19.1. The van der Waals surface area contributed by atoms with Crippen LogP contribution in [-0.4, -0.2) is 60.4 Å². The number of hydrogen-bond acceptors (Lipinski definition) is 5. The Labute approximate surface area is 163 Å². The molecule has 3 rings (SSSR count). The van der Waals surface area contributed by atoms with Crippen molar-refractivity contribution in [2.45, 2.75) is 4.90 Å². The Morgan fingerprint density at radius 1 is 1.04 bits per heavy atom. The highest BCUT2D eigenvalue weighted by Gasteiger charge is 2.27. The molecule has 0 aliphatic carbocycles. The van der Waals surface area contributed by atoms with E-state index in [0.29, 0.717) is 31.9 Å². The maximum atomic E-state index is 12.5. The molecule has 1 saturated heterocycles. The van der Waals surface area contributed by atoms with Crippen molar-refractivity contribution in [2.24, 2.45) is 0 Å². The maximum absolute atomic E-state index is 12.5. The lowest BCUT2D eigenvalue weighted by Gasteiger charge is -2.33. The third-order valence-electron chi connectivity index (χ3n) is 4.20. The van der Waals surface area contributed by atoms with E-state index in [4.69, 9.17) is 0 Å². The van der Waals surface area contributed by atoms with Crippen LogP contribution in [0.5, 0.6) is 0 Å². The lowest BCUT2D eigenvalue weighted by molar-refractivity contribution is -0.129. The first kappa shape index (κ1) is 19.6. The van der Waals surface area contributed by atoms with E-state index in [1.807, 2.05) is 42.5 Å². The van der Waals surface area contributed by atoms with Gasteiger partial charge in [0.25, 0.3) is 0 Å². The minimum absolute atomic E-state index is 0.0219. The molecule has 0 saturated carbocycles. The number of aromatic nitrogens is 1. The predicted molar refractivity (Wildman–Crippen MR) is 108 cm³/mol. The molecule has 1 aromatic heterocycles. The Morgan fingerprint density at radius 3 is 2.37 bits per heavy atom. The molecular formula is C19H21N3O3S2. The number of hydrogen-bond donors (Lipinski definition) is 0. The van der Waals surface area contributed by atoms with Crippen LogP contribution in [0.2, 0.25) is 0 Å². The number of nitrogens with zero attached hydrogens (tertiary/aromatic N) is 3. The second kappa shape index (κ2) is 9.16. The smallest absolute Gasteiger partial charge is 0.236 e. The second-order valence-corrected chi connectivity index (χ2v) is 8.88. The Balaban J connectivity index is 1.50. The van der Waals surface area contributed by atoms with Crippen molar-refractivity contribution in [3.05, 3.63) is 65.8 Å². The van der Waals surface area contributed by atoms with E-state index in [0.717, 1.165) is 10.5 Å². The van der Waals surface area contributed by atoms with Crippen LogP contribution in [0, 0.1) is 0 Å². The molecule has 142 valence electrons. The van der Waals surface area contributed by atoms with Gasteiger partial charge in [0.1, 0.15) is 0 Å². The predicted octanol–water partition coefficient (Wildman–Crippen LogP) is 2.32. The average Bonchev–Trinajstić information content (AvgIpc) is 2.72. The number of benzene rings is 1. The van der Waals surface area contributed by atoms with Gasteiger partial charge < -0.3 is 4.90 Å². The molecular weight excluding hydrogens is 382 g/mol. The zero-order valence-corrected chi connectivity index (χ0v) is 16.4. The molecule has 0 bridgehead atoms. The van der Waals surface area contributed by atoms with E-state index in [2.05, 4.69) is 4.98 Å². The average molecular weight is 404 g/mol. The number of rotatable bonds is 6. The van der Waals surface area contributed by atoms with E-state index in [-0.39, 0.29) is 5.91 Å². The van der Waals surface area contributed by atoms with E-state index >= 15 is 0 Å². The quantitative estimate of drug-likeness (QED) is 0.693. The summed E-state index contributed by atoms with van der Waals surface area (Å²) in [4.78, 5) is 19.0. The summed E-state index contributed by atoms with van der Waals surface area (Å²) in [5.41, 5.74) is 0.836. The molecule has 1 fully saturated rings. The van der Waals surface area contributed by atoms with Gasteiger partial charge in [-0.15, -0.1) is 11.8 Å². The molecule has 8 heteroatoms. The topological polar surface area (TPSA) is 70.6 Å². The zero-order valence-electron chi connectivity index (χ0n) is 14.8. The van der Waals surface area contributed by atoms with Crippen molar-refractivity contribution < 1.29 is 13.2 Å². The summed E-state index contributed by atoms with van der Waals surface area (Å²) >= 11 is 1.46. The molecule has 1 aliphatic rings. The molecule has 1 aromatic carbocycles. The van der Waals surface area contributed by atoms with Crippen molar-refractivity contribution in [3.8, 4) is 0 Å². The van der Waals surface area contributed by atoms with Crippen molar-refractivity contribution in [1.29, 1.82) is 0 Å². The highest BCUT2D eigenvalue weighted by Crippen LogP contribution is 2.18. The number of sulfonamides is 1. The van der Waals surface area contributed by atoms with Gasteiger partial charge >= 0.3 is 0 Å². The maximum Gasteiger partial charge on any atom is 0.236 e. The van der Waals surface area contributed by atoms with Gasteiger partial charge in [0.15, 0.2) is 0 Å². The minimum Gasteiger partial charge on any atom is -0.339 e. The summed E-state index contributed by atoms with van der Waals surface area (Å²) < 4.78 is 26.4. The summed E-state index contributed by atoms with van der Waals surface area (Å²) in [5.74, 6) is 0.360. The molecule has 0 N–H and O–H groups in total. The second-order valence-electron chi connectivity index (χ2n) is 6.01. The molecule has 2 heterocycles. The van der Waals surface area contributed by atoms with Gasteiger partial charge in [-0.2, -0.15) is 4.31 Å². The summed E-state index contributed by atoms with van der Waals surface area (Å²) in [5, 5.41) is 1.24. The Bertz CT molecular complexity index is 879. The number of thioether (sulfide) groups is 1. The fourth-order valence-electron chi connectivity index (χ4n) is 2.68. The summed E-state index contributed by atoms with van der Waals surface area (Å²) in [6, 6.07) is 13.0. The number of pyridine rings is 1. The molecule has 2 aromatic rings. The first-order valence-corrected chi connectivity index (χ1v) is 11.1. The highest BCUT2D eigenvalue weighted by atomic mass is 32.2. The van der Waals surface area contributed by atoms with Crippen LogP contribution in [0.4, 0.5) is 0 Å². The summed E-state index contributed by atoms with van der Waals surface area (Å²) in [6.07, 6.45) is 4.98. The van der Waals surface area contributed by atoms with E-state index < -0.39 is 10.0 Å². The molecule has 0 atom stereocenters. The van der Waals surface area contributed by atoms with Gasteiger partial charge in [-0.05, 0) is 23.8 Å². The van der Waals surface area contributed by atoms with Gasteiger partial charge in [-0.25, -0.2) is 8.42 Å². The summed E-state index contributed by atoms with van der Waals surface area (Å²) in [7, 11) is -3.48. The largest absolute Gasteiger partial charge is 0.339 e. The minimum atomic E-state index is -3.48.